The van der Waals surface area contributed by atoms with Gasteiger partial charge < -0.3 is 21.1 Å². The summed E-state index contributed by atoms with van der Waals surface area (Å²) < 4.78 is 5.87. The lowest BCUT2D eigenvalue weighted by molar-refractivity contribution is -0.122. The third kappa shape index (κ3) is 8.07. The number of hydrogen-bond acceptors (Lipinski definition) is 7. The van der Waals surface area contributed by atoms with Gasteiger partial charge in [0.05, 0.1) is 22.8 Å². The first kappa shape index (κ1) is 24.5. The molecule has 0 saturated carbocycles. The number of ether oxygens (including phenoxy) is 1. The Morgan fingerprint density at radius 1 is 1.35 bits per heavy atom. The number of amides is 2. The average Bonchev–Trinajstić information content (AvgIpc) is 3.22. The number of nitrogens with one attached hydrogen (secondary N) is 2. The Bertz CT molecular complexity index is 828. The Kier molecular flexibility index (Phi) is 9.68. The van der Waals surface area contributed by atoms with E-state index >= 15 is 0 Å². The first-order chi connectivity index (χ1) is 14.9. The predicted octanol–water partition coefficient (Wildman–Crippen LogP) is 2.77. The van der Waals surface area contributed by atoms with Crippen LogP contribution < -0.4 is 16.4 Å². The maximum Gasteiger partial charge on any atom is 0.265 e. The molecule has 2 aliphatic rings. The highest BCUT2D eigenvalue weighted by atomic mass is 35.5. The van der Waals surface area contributed by atoms with Gasteiger partial charge in [0.25, 0.3) is 5.91 Å². The molecule has 2 heterocycles. The molecule has 1 aromatic rings. The Morgan fingerprint density at radius 2 is 2.19 bits per heavy atom. The SMILES string of the molecule is NC(=O)C1=CSC(SCCCC(=O)NC[C@H]2CN(Cc3ccc(Cl)c(Cl)c3)CCO2)N1. The lowest BCUT2D eigenvalue weighted by atomic mass is 10.2. The normalized spacial score (nSPS) is 21.4. The second-order valence-electron chi connectivity index (χ2n) is 7.26. The van der Waals surface area contributed by atoms with Crippen molar-refractivity contribution in [2.45, 2.75) is 30.2 Å². The van der Waals surface area contributed by atoms with Crippen molar-refractivity contribution in [1.29, 1.82) is 0 Å². The number of rotatable bonds is 10. The summed E-state index contributed by atoms with van der Waals surface area (Å²) in [7, 11) is 0. The van der Waals surface area contributed by atoms with Gasteiger partial charge in [-0.2, -0.15) is 0 Å². The summed E-state index contributed by atoms with van der Waals surface area (Å²) in [6.07, 6.45) is 1.18. The molecule has 0 aliphatic carbocycles. The minimum absolute atomic E-state index is 0.0220. The van der Waals surface area contributed by atoms with E-state index in [9.17, 15) is 9.59 Å². The van der Waals surface area contributed by atoms with Gasteiger partial charge >= 0.3 is 0 Å². The van der Waals surface area contributed by atoms with Gasteiger partial charge in [0.2, 0.25) is 5.91 Å². The van der Waals surface area contributed by atoms with Crippen LogP contribution in [0.2, 0.25) is 10.0 Å². The maximum absolute atomic E-state index is 12.2. The number of benzene rings is 1. The largest absolute Gasteiger partial charge is 0.374 e. The second-order valence-corrected chi connectivity index (χ2v) is 10.6. The summed E-state index contributed by atoms with van der Waals surface area (Å²) in [6.45, 7) is 3.47. The van der Waals surface area contributed by atoms with E-state index in [2.05, 4.69) is 15.5 Å². The lowest BCUT2D eigenvalue weighted by Crippen LogP contribution is -2.47. The molecule has 7 nitrogen and oxygen atoms in total. The van der Waals surface area contributed by atoms with Gasteiger partial charge in [-0.1, -0.05) is 41.0 Å². The minimum atomic E-state index is -0.449. The summed E-state index contributed by atoms with van der Waals surface area (Å²) in [5.41, 5.74) is 6.79. The minimum Gasteiger partial charge on any atom is -0.374 e. The van der Waals surface area contributed by atoms with E-state index in [4.69, 9.17) is 33.7 Å². The highest BCUT2D eigenvalue weighted by molar-refractivity contribution is 8.18. The van der Waals surface area contributed by atoms with E-state index in [1.807, 2.05) is 18.2 Å². The molecule has 1 unspecified atom stereocenters. The van der Waals surface area contributed by atoms with Gasteiger partial charge in [-0.15, -0.1) is 11.8 Å². The summed E-state index contributed by atoms with van der Waals surface area (Å²) in [5.74, 6) is 0.388. The van der Waals surface area contributed by atoms with E-state index < -0.39 is 5.91 Å². The number of thioether (sulfide) groups is 2. The number of nitrogens with zero attached hydrogens (tertiary/aromatic N) is 1. The Balaban J connectivity index is 1.29. The molecule has 170 valence electrons. The van der Waals surface area contributed by atoms with Gasteiger partial charge in [0.1, 0.15) is 10.4 Å². The molecule has 0 spiro atoms. The standard InChI is InChI=1S/C20H26Cl2N4O3S2/c21-15-4-3-13(8-16(15)22)10-26-5-6-29-14(11-26)9-24-18(27)2-1-7-30-20-25-17(12-31-20)19(23)28/h3-4,8,12,14,20,25H,1-2,5-7,9-11H2,(H2,23,28)(H,24,27)/t14-,20?/m0/s1. The zero-order valence-corrected chi connectivity index (χ0v) is 20.1. The molecule has 2 amide bonds. The summed E-state index contributed by atoms with van der Waals surface area (Å²) >= 11 is 15.3. The van der Waals surface area contributed by atoms with Crippen LogP contribution in [0.3, 0.4) is 0 Å². The van der Waals surface area contributed by atoms with Crippen LogP contribution in [0.15, 0.2) is 29.3 Å². The third-order valence-electron chi connectivity index (χ3n) is 4.81. The van der Waals surface area contributed by atoms with Crippen molar-refractivity contribution < 1.29 is 14.3 Å². The smallest absolute Gasteiger partial charge is 0.265 e. The molecule has 0 radical (unpaired) electrons. The van der Waals surface area contributed by atoms with Crippen LogP contribution in [0, 0.1) is 0 Å². The van der Waals surface area contributed by atoms with Gasteiger partial charge in [0.15, 0.2) is 0 Å². The maximum atomic E-state index is 12.2. The molecule has 1 saturated heterocycles. The molecular formula is C20H26Cl2N4O3S2. The van der Waals surface area contributed by atoms with Gasteiger partial charge in [0, 0.05) is 38.0 Å². The zero-order valence-electron chi connectivity index (χ0n) is 16.9. The fraction of sp³-hybridized carbons (Fsp3) is 0.500. The molecule has 31 heavy (non-hydrogen) atoms. The zero-order chi connectivity index (χ0) is 22.2. The Hall–Kier alpha value is -1.10. The van der Waals surface area contributed by atoms with Crippen LogP contribution in [-0.2, 0) is 20.9 Å². The first-order valence-electron chi connectivity index (χ1n) is 9.99. The number of morpholine rings is 1. The third-order valence-corrected chi connectivity index (χ3v) is 7.97. The van der Waals surface area contributed by atoms with E-state index in [1.165, 1.54) is 11.8 Å². The Morgan fingerprint density at radius 3 is 2.94 bits per heavy atom. The number of hydrogen-bond donors (Lipinski definition) is 3. The van der Waals surface area contributed by atoms with Crippen molar-refractivity contribution in [1.82, 2.24) is 15.5 Å². The van der Waals surface area contributed by atoms with Gasteiger partial charge in [-0.25, -0.2) is 0 Å². The van der Waals surface area contributed by atoms with Crippen LogP contribution >= 0.6 is 46.7 Å². The van der Waals surface area contributed by atoms with E-state index in [0.717, 1.165) is 37.4 Å². The van der Waals surface area contributed by atoms with Crippen LogP contribution in [0.25, 0.3) is 0 Å². The second kappa shape index (κ2) is 12.2. The van der Waals surface area contributed by atoms with Gasteiger partial charge in [-0.05, 0) is 29.9 Å². The van der Waals surface area contributed by atoms with Crippen LogP contribution in [0.1, 0.15) is 18.4 Å². The first-order valence-corrected chi connectivity index (χ1v) is 12.7. The van der Waals surface area contributed by atoms with Crippen molar-refractivity contribution >= 4 is 58.5 Å². The van der Waals surface area contributed by atoms with Crippen LogP contribution in [-0.4, -0.2) is 59.5 Å². The molecule has 0 bridgehead atoms. The number of carbonyl (C=O) groups is 2. The monoisotopic (exact) mass is 504 g/mol. The molecule has 1 aromatic carbocycles. The molecule has 3 rings (SSSR count). The van der Waals surface area contributed by atoms with Crippen molar-refractivity contribution in [2.75, 3.05) is 32.0 Å². The fourth-order valence-corrected chi connectivity index (χ4v) is 5.68. The predicted molar refractivity (Wildman–Crippen MR) is 128 cm³/mol. The molecule has 11 heteroatoms. The summed E-state index contributed by atoms with van der Waals surface area (Å²) in [5, 5.41) is 8.87. The highest BCUT2D eigenvalue weighted by Gasteiger charge is 2.22. The molecular weight excluding hydrogens is 479 g/mol. The Labute approximate surface area is 200 Å². The average molecular weight is 505 g/mol. The van der Waals surface area contributed by atoms with E-state index in [1.54, 1.807) is 17.2 Å². The summed E-state index contributed by atoms with van der Waals surface area (Å²) in [6, 6.07) is 5.67. The fourth-order valence-electron chi connectivity index (χ4n) is 3.22. The van der Waals surface area contributed by atoms with Crippen molar-refractivity contribution in [3.05, 3.63) is 44.9 Å². The number of carbonyl (C=O) groups excluding carboxylic acids is 2. The van der Waals surface area contributed by atoms with E-state index in [0.29, 0.717) is 35.3 Å². The number of primary amides is 1. The van der Waals surface area contributed by atoms with Gasteiger partial charge in [-0.3, -0.25) is 14.5 Å². The molecule has 0 aromatic heterocycles. The molecule has 4 N–H and O–H groups in total. The molecule has 2 aliphatic heterocycles. The lowest BCUT2D eigenvalue weighted by Gasteiger charge is -2.33. The highest BCUT2D eigenvalue weighted by Crippen LogP contribution is 2.29. The van der Waals surface area contributed by atoms with Crippen LogP contribution in [0.4, 0.5) is 0 Å². The molecule has 1 fully saturated rings. The topological polar surface area (TPSA) is 96.7 Å². The number of halogens is 2. The summed E-state index contributed by atoms with van der Waals surface area (Å²) in [4.78, 5) is 25.5. The van der Waals surface area contributed by atoms with Crippen LogP contribution in [0.5, 0.6) is 0 Å². The van der Waals surface area contributed by atoms with Crippen molar-refractivity contribution in [3.63, 3.8) is 0 Å². The molecule has 2 atom stereocenters. The quantitative estimate of drug-likeness (QED) is 0.421. The van der Waals surface area contributed by atoms with Crippen molar-refractivity contribution in [2.24, 2.45) is 5.73 Å². The number of nitrogens with two attached hydrogens (primary N) is 1. The van der Waals surface area contributed by atoms with E-state index in [-0.39, 0.29) is 16.7 Å². The van der Waals surface area contributed by atoms with Crippen molar-refractivity contribution in [3.8, 4) is 0 Å².